The van der Waals surface area contributed by atoms with E-state index in [0.29, 0.717) is 19.1 Å². The molecule has 0 atom stereocenters. The van der Waals surface area contributed by atoms with E-state index < -0.39 is 0 Å². The second-order valence-corrected chi connectivity index (χ2v) is 1.75. The second-order valence-electron chi connectivity index (χ2n) is 1.75. The molecule has 0 bridgehead atoms. The molecule has 0 spiro atoms. The molecular weight excluding hydrogens is 152 g/mol. The molecule has 0 aliphatic heterocycles. The van der Waals surface area contributed by atoms with E-state index in [9.17, 15) is 5.02 Å². The van der Waals surface area contributed by atoms with Crippen molar-refractivity contribution in [2.24, 2.45) is 0 Å². The Morgan fingerprint density at radius 2 is 2.00 bits per heavy atom. The number of para-hydroxylation sites is 2. The van der Waals surface area contributed by atoms with E-state index in [1.165, 1.54) is 0 Å². The van der Waals surface area contributed by atoms with E-state index in [1.54, 1.807) is 24.3 Å². The van der Waals surface area contributed by atoms with Crippen LogP contribution in [0.15, 0.2) is 24.3 Å². The summed E-state index contributed by atoms with van der Waals surface area (Å²) in [5, 5.41) is 9.85. The minimum atomic E-state index is 0. The van der Waals surface area contributed by atoms with E-state index in [2.05, 4.69) is 4.65 Å². The fourth-order valence-corrected chi connectivity index (χ4v) is 0.640. The van der Waals surface area contributed by atoms with E-state index >= 15 is 0 Å². The van der Waals surface area contributed by atoms with Crippen molar-refractivity contribution < 1.29 is 39.2 Å². The van der Waals surface area contributed by atoms with Crippen LogP contribution < -0.4 is 45.0 Å². The van der Waals surface area contributed by atoms with Crippen LogP contribution in [0.2, 0.25) is 0 Å². The third-order valence-electron chi connectivity index (χ3n) is 1.09. The number of benzene rings is 1. The Bertz CT molecular complexity index is 221. The van der Waals surface area contributed by atoms with Crippen molar-refractivity contribution in [2.45, 2.75) is 0 Å². The van der Waals surface area contributed by atoms with Crippen molar-refractivity contribution >= 4 is 13.4 Å². The van der Waals surface area contributed by atoms with Gasteiger partial charge in [-0.25, -0.2) is 0 Å². The Morgan fingerprint density at radius 1 is 1.36 bits per heavy atom. The summed E-state index contributed by atoms with van der Waals surface area (Å²) in [6, 6.07) is 6.81. The van der Waals surface area contributed by atoms with E-state index in [1.807, 2.05) is 0 Å². The molecule has 0 unspecified atom stereocenters. The molecule has 0 aliphatic carbocycles. The van der Waals surface area contributed by atoms with E-state index in [-0.39, 0.29) is 29.6 Å². The maximum Gasteiger partial charge on any atom is 1.00 e. The molecule has 5 heteroatoms. The van der Waals surface area contributed by atoms with Crippen LogP contribution in [0.5, 0.6) is 5.75 Å². The van der Waals surface area contributed by atoms with Crippen molar-refractivity contribution in [1.82, 2.24) is 0 Å². The molecule has 0 aromatic heterocycles. The summed E-state index contributed by atoms with van der Waals surface area (Å²) in [6.07, 6.45) is 0. The molecule has 0 saturated heterocycles. The van der Waals surface area contributed by atoms with Crippen LogP contribution in [-0.2, 0) is 0 Å². The summed E-state index contributed by atoms with van der Waals surface area (Å²) < 4.78 is 4.53. The van der Waals surface area contributed by atoms with E-state index in [4.69, 9.17) is 5.73 Å². The van der Waals surface area contributed by atoms with Gasteiger partial charge in [-0.3, -0.25) is 0 Å². The monoisotopic (exact) mass is 158 g/mol. The van der Waals surface area contributed by atoms with Gasteiger partial charge in [0.2, 0.25) is 7.69 Å². The molecule has 0 amide bonds. The molecule has 0 heterocycles. The van der Waals surface area contributed by atoms with Gasteiger partial charge >= 0.3 is 29.6 Å². The third-order valence-corrected chi connectivity index (χ3v) is 1.09. The molecule has 1 aromatic rings. The normalized spacial score (nSPS) is 8.09. The van der Waals surface area contributed by atoms with Gasteiger partial charge in [0.05, 0.1) is 5.69 Å². The van der Waals surface area contributed by atoms with Gasteiger partial charge in [0.15, 0.2) is 0 Å². The summed E-state index contributed by atoms with van der Waals surface area (Å²) in [5.74, 6) is 0.400. The average molecular weight is 158 g/mol. The molecule has 3 nitrogen and oxygen atoms in total. The van der Waals surface area contributed by atoms with Crippen molar-refractivity contribution in [3.8, 4) is 5.75 Å². The summed E-state index contributed by atoms with van der Waals surface area (Å²) in [6.45, 7) is 0. The topological polar surface area (TPSA) is 58.3 Å². The Hall–Kier alpha value is -0.155. The van der Waals surface area contributed by atoms with Gasteiger partial charge in [0.25, 0.3) is 0 Å². The first kappa shape index (κ1) is 10.8. The smallest absolute Gasteiger partial charge is 0.850 e. The van der Waals surface area contributed by atoms with Crippen LogP contribution in [0.4, 0.5) is 5.69 Å². The van der Waals surface area contributed by atoms with Crippen molar-refractivity contribution in [3.05, 3.63) is 24.3 Å². The minimum Gasteiger partial charge on any atom is -0.850 e. The van der Waals surface area contributed by atoms with Crippen LogP contribution in [0, 0.1) is 0 Å². The van der Waals surface area contributed by atoms with Crippen molar-refractivity contribution in [1.29, 1.82) is 0 Å². The Balaban J connectivity index is 0.000001000. The molecule has 11 heavy (non-hydrogen) atoms. The van der Waals surface area contributed by atoms with Gasteiger partial charge in [-0.05, 0) is 12.1 Å². The predicted molar refractivity (Wildman–Crippen MR) is 37.2 cm³/mol. The van der Waals surface area contributed by atoms with Crippen LogP contribution in [-0.4, -0.2) is 7.69 Å². The summed E-state index contributed by atoms with van der Waals surface area (Å²) in [7, 11) is 0.353. The number of nitrogen functional groups attached to an aromatic ring is 1. The minimum absolute atomic E-state index is 0. The van der Waals surface area contributed by atoms with Gasteiger partial charge in [0.1, 0.15) is 5.75 Å². The largest absolute Gasteiger partial charge is 1.00 e. The van der Waals surface area contributed by atoms with Gasteiger partial charge in [-0.15, -0.1) is 0 Å². The quantitative estimate of drug-likeness (QED) is 0.359. The van der Waals surface area contributed by atoms with Gasteiger partial charge in [-0.1, -0.05) is 12.1 Å². The standard InChI is InChI=1S/C6H6BNO2.Na/c8-5-3-1-2-4-6(5)10-7-9;/h1-4H,8H2;/q-1;+1. The number of anilines is 1. The SMILES string of the molecule is Nc1ccccc1O[B][O-].[Na+]. The fourth-order valence-electron chi connectivity index (χ4n) is 0.640. The first-order valence-corrected chi connectivity index (χ1v) is 2.79. The first-order chi connectivity index (χ1) is 4.84. The predicted octanol–water partition coefficient (Wildman–Crippen LogP) is -3.45. The maximum atomic E-state index is 9.85. The molecule has 1 radical (unpaired) electrons. The number of rotatable bonds is 2. The second kappa shape index (κ2) is 5.49. The van der Waals surface area contributed by atoms with Crippen LogP contribution in [0.25, 0.3) is 0 Å². The molecule has 2 N–H and O–H groups in total. The zero-order valence-electron chi connectivity index (χ0n) is 6.28. The maximum absolute atomic E-state index is 9.85. The van der Waals surface area contributed by atoms with Gasteiger partial charge < -0.3 is 15.4 Å². The van der Waals surface area contributed by atoms with Gasteiger partial charge in [0, 0.05) is 0 Å². The van der Waals surface area contributed by atoms with Crippen molar-refractivity contribution in [2.75, 3.05) is 5.73 Å². The molecular formula is C6H6BNNaO2. The molecule has 1 rings (SSSR count). The van der Waals surface area contributed by atoms with Crippen LogP contribution in [0.1, 0.15) is 0 Å². The Morgan fingerprint density at radius 3 is 2.55 bits per heavy atom. The number of nitrogens with two attached hydrogens (primary N) is 1. The average Bonchev–Trinajstić information content (AvgIpc) is 1.94. The third kappa shape index (κ3) is 3.16. The molecule has 1 aromatic carbocycles. The van der Waals surface area contributed by atoms with Crippen LogP contribution in [0.3, 0.4) is 0 Å². The first-order valence-electron chi connectivity index (χ1n) is 2.79. The summed E-state index contributed by atoms with van der Waals surface area (Å²) >= 11 is 0. The molecule has 51 valence electrons. The molecule has 0 aliphatic rings. The van der Waals surface area contributed by atoms with Crippen LogP contribution >= 0.6 is 0 Å². The fraction of sp³-hybridized carbons (Fsp3) is 0. The number of hydrogen-bond donors (Lipinski definition) is 1. The number of hydrogen-bond acceptors (Lipinski definition) is 3. The summed E-state index contributed by atoms with van der Waals surface area (Å²) in [5.41, 5.74) is 5.89. The molecule has 0 fully saturated rings. The zero-order chi connectivity index (χ0) is 7.40. The summed E-state index contributed by atoms with van der Waals surface area (Å²) in [4.78, 5) is 0. The zero-order valence-corrected chi connectivity index (χ0v) is 8.28. The van der Waals surface area contributed by atoms with Crippen molar-refractivity contribution in [3.63, 3.8) is 0 Å². The Labute approximate surface area is 88.1 Å². The Kier molecular flexibility index (Phi) is 5.41. The molecule has 0 saturated carbocycles. The van der Waals surface area contributed by atoms with E-state index in [0.717, 1.165) is 0 Å². The van der Waals surface area contributed by atoms with Gasteiger partial charge in [-0.2, -0.15) is 0 Å².